The van der Waals surface area contributed by atoms with Crippen LogP contribution in [0.25, 0.3) is 0 Å². The fourth-order valence-electron chi connectivity index (χ4n) is 4.78. The summed E-state index contributed by atoms with van der Waals surface area (Å²) in [6.07, 6.45) is 0. The largest absolute Gasteiger partial charge is 0.442 e. The lowest BCUT2D eigenvalue weighted by molar-refractivity contribution is 0.566. The van der Waals surface area contributed by atoms with Crippen LogP contribution in [0.5, 0.6) is 0 Å². The molecule has 0 aliphatic rings. The quantitative estimate of drug-likeness (QED) is 0.352. The Hall–Kier alpha value is -2.81. The zero-order valence-electron chi connectivity index (χ0n) is 18.9. The Kier molecular flexibility index (Phi) is 7.70. The molecule has 0 fully saturated rings. The van der Waals surface area contributed by atoms with Gasteiger partial charge in [-0.25, -0.2) is 0 Å². The highest BCUT2D eigenvalue weighted by Gasteiger charge is 2.49. The molecular weight excluding hydrogens is 436 g/mol. The SMILES string of the molecule is NCC[Si](O[Si](CCN)(c1ccccc1)c1ccccc1)(c1ccccc1)c1ccccc1. The van der Waals surface area contributed by atoms with Gasteiger partial charge in [0.1, 0.15) is 0 Å². The molecule has 0 aliphatic heterocycles. The second-order valence-corrected chi connectivity index (χ2v) is 15.7. The van der Waals surface area contributed by atoms with E-state index in [0.717, 1.165) is 12.1 Å². The van der Waals surface area contributed by atoms with E-state index in [2.05, 4.69) is 121 Å². The number of benzene rings is 4. The first-order valence-electron chi connectivity index (χ1n) is 11.6. The van der Waals surface area contributed by atoms with Crippen molar-refractivity contribution in [2.24, 2.45) is 11.5 Å². The Bertz CT molecular complexity index is 940. The summed E-state index contributed by atoms with van der Waals surface area (Å²) in [4.78, 5) is 0. The maximum Gasteiger partial charge on any atom is 0.246 e. The molecule has 0 heterocycles. The molecular formula is C28H32N2OSi2. The van der Waals surface area contributed by atoms with Gasteiger partial charge >= 0.3 is 0 Å². The summed E-state index contributed by atoms with van der Waals surface area (Å²) in [7, 11) is -5.41. The van der Waals surface area contributed by atoms with E-state index in [-0.39, 0.29) is 0 Å². The van der Waals surface area contributed by atoms with Crippen LogP contribution in [0, 0.1) is 0 Å². The van der Waals surface area contributed by atoms with E-state index in [1.165, 1.54) is 20.7 Å². The summed E-state index contributed by atoms with van der Waals surface area (Å²) in [5.74, 6) is 0. The Labute approximate surface area is 199 Å². The monoisotopic (exact) mass is 468 g/mol. The minimum absolute atomic E-state index is 0.562. The highest BCUT2D eigenvalue weighted by Crippen LogP contribution is 2.23. The van der Waals surface area contributed by atoms with Gasteiger partial charge in [-0.1, -0.05) is 121 Å². The minimum Gasteiger partial charge on any atom is -0.442 e. The third kappa shape index (κ3) is 4.78. The molecule has 0 spiro atoms. The van der Waals surface area contributed by atoms with Crippen LogP contribution in [0.15, 0.2) is 121 Å². The molecule has 168 valence electrons. The summed E-state index contributed by atoms with van der Waals surface area (Å²) in [5, 5.41) is 5.01. The molecule has 4 aromatic rings. The van der Waals surface area contributed by atoms with Crippen molar-refractivity contribution >= 4 is 37.4 Å². The van der Waals surface area contributed by atoms with E-state index >= 15 is 0 Å². The van der Waals surface area contributed by atoms with Gasteiger partial charge in [-0.3, -0.25) is 0 Å². The maximum atomic E-state index is 7.77. The zero-order chi connectivity index (χ0) is 23.0. The molecule has 4 N–H and O–H groups in total. The molecule has 0 amide bonds. The molecule has 3 nitrogen and oxygen atoms in total. The lowest BCUT2D eigenvalue weighted by atomic mass is 10.4. The highest BCUT2D eigenvalue weighted by molar-refractivity contribution is 7.09. The second kappa shape index (κ2) is 10.9. The van der Waals surface area contributed by atoms with Crippen LogP contribution < -0.4 is 32.2 Å². The number of rotatable bonds is 10. The van der Waals surface area contributed by atoms with E-state index in [9.17, 15) is 0 Å². The molecule has 0 bridgehead atoms. The number of nitrogens with two attached hydrogens (primary N) is 2. The minimum atomic E-state index is -2.70. The van der Waals surface area contributed by atoms with Crippen LogP contribution in [0.4, 0.5) is 0 Å². The highest BCUT2D eigenvalue weighted by atomic mass is 28.4. The first-order chi connectivity index (χ1) is 16.2. The van der Waals surface area contributed by atoms with Crippen LogP contribution in [0.1, 0.15) is 0 Å². The van der Waals surface area contributed by atoms with E-state index in [4.69, 9.17) is 15.6 Å². The average molecular weight is 469 g/mol. The second-order valence-electron chi connectivity index (χ2n) is 8.30. The number of hydrogen-bond acceptors (Lipinski definition) is 3. The standard InChI is InChI=1S/C28H32N2OSi2/c29-21-23-32(25-13-5-1-6-14-25,26-15-7-2-8-16-26)31-33(24-22-30,27-17-9-3-10-18-27)28-19-11-4-12-20-28/h1-20H,21-24,29-30H2. The van der Waals surface area contributed by atoms with Gasteiger partial charge in [0.05, 0.1) is 0 Å². The van der Waals surface area contributed by atoms with E-state index in [1.807, 2.05) is 0 Å². The third-order valence-corrected chi connectivity index (χ3v) is 16.1. The maximum absolute atomic E-state index is 7.77. The van der Waals surface area contributed by atoms with Crippen LogP contribution in [-0.2, 0) is 4.12 Å². The van der Waals surface area contributed by atoms with Gasteiger partial charge in [0, 0.05) is 0 Å². The topological polar surface area (TPSA) is 61.3 Å². The van der Waals surface area contributed by atoms with Crippen molar-refractivity contribution < 1.29 is 4.12 Å². The fraction of sp³-hybridized carbons (Fsp3) is 0.143. The van der Waals surface area contributed by atoms with Crippen molar-refractivity contribution in [2.45, 2.75) is 12.1 Å². The Morgan fingerprint density at radius 1 is 0.424 bits per heavy atom. The number of hydrogen-bond donors (Lipinski definition) is 2. The van der Waals surface area contributed by atoms with Gasteiger partial charge < -0.3 is 15.6 Å². The summed E-state index contributed by atoms with van der Waals surface area (Å²) >= 11 is 0. The average Bonchev–Trinajstić information content (AvgIpc) is 2.90. The molecule has 0 aliphatic carbocycles. The molecule has 4 rings (SSSR count). The molecule has 33 heavy (non-hydrogen) atoms. The Morgan fingerprint density at radius 3 is 0.879 bits per heavy atom. The van der Waals surface area contributed by atoms with Crippen molar-refractivity contribution in [3.63, 3.8) is 0 Å². The van der Waals surface area contributed by atoms with Crippen molar-refractivity contribution in [2.75, 3.05) is 13.1 Å². The van der Waals surface area contributed by atoms with Crippen LogP contribution in [0.2, 0.25) is 12.1 Å². The van der Waals surface area contributed by atoms with Crippen molar-refractivity contribution in [3.8, 4) is 0 Å². The molecule has 5 heteroatoms. The lowest BCUT2D eigenvalue weighted by Gasteiger charge is -2.43. The molecule has 4 aromatic carbocycles. The van der Waals surface area contributed by atoms with Gasteiger partial charge in [-0.05, 0) is 45.9 Å². The van der Waals surface area contributed by atoms with Crippen molar-refractivity contribution in [1.29, 1.82) is 0 Å². The summed E-state index contributed by atoms with van der Waals surface area (Å²) in [6.45, 7) is 1.12. The summed E-state index contributed by atoms with van der Waals surface area (Å²) < 4.78 is 7.77. The van der Waals surface area contributed by atoms with Crippen LogP contribution in [0.3, 0.4) is 0 Å². The lowest BCUT2D eigenvalue weighted by Crippen LogP contribution is -2.73. The van der Waals surface area contributed by atoms with Crippen molar-refractivity contribution in [1.82, 2.24) is 0 Å². The molecule has 0 aromatic heterocycles. The van der Waals surface area contributed by atoms with Gasteiger partial charge in [0.25, 0.3) is 0 Å². The molecule has 0 atom stereocenters. The Balaban J connectivity index is 2.01. The zero-order valence-corrected chi connectivity index (χ0v) is 20.9. The van der Waals surface area contributed by atoms with E-state index < -0.39 is 16.6 Å². The van der Waals surface area contributed by atoms with Gasteiger partial charge in [0.2, 0.25) is 16.6 Å². The Morgan fingerprint density at radius 2 is 0.667 bits per heavy atom. The molecule has 0 saturated carbocycles. The van der Waals surface area contributed by atoms with E-state index in [0.29, 0.717) is 13.1 Å². The van der Waals surface area contributed by atoms with Crippen LogP contribution >= 0.6 is 0 Å². The fourth-order valence-corrected chi connectivity index (χ4v) is 15.4. The third-order valence-electron chi connectivity index (χ3n) is 6.30. The summed E-state index contributed by atoms with van der Waals surface area (Å²) in [5.41, 5.74) is 12.6. The summed E-state index contributed by atoms with van der Waals surface area (Å²) in [6, 6.07) is 44.5. The van der Waals surface area contributed by atoms with Gasteiger partial charge in [-0.15, -0.1) is 0 Å². The van der Waals surface area contributed by atoms with Crippen molar-refractivity contribution in [3.05, 3.63) is 121 Å². The first-order valence-corrected chi connectivity index (χ1v) is 15.8. The van der Waals surface area contributed by atoms with E-state index in [1.54, 1.807) is 0 Å². The molecule has 0 unspecified atom stereocenters. The van der Waals surface area contributed by atoms with Gasteiger partial charge in [-0.2, -0.15) is 0 Å². The normalized spacial score (nSPS) is 11.9. The molecule has 0 radical (unpaired) electrons. The van der Waals surface area contributed by atoms with Gasteiger partial charge in [0.15, 0.2) is 0 Å². The smallest absolute Gasteiger partial charge is 0.246 e. The molecule has 0 saturated heterocycles. The predicted octanol–water partition coefficient (Wildman–Crippen LogP) is 2.44. The van der Waals surface area contributed by atoms with Crippen LogP contribution in [-0.4, -0.2) is 29.7 Å². The predicted molar refractivity (Wildman–Crippen MR) is 145 cm³/mol. The first kappa shape index (κ1) is 23.4.